The van der Waals surface area contributed by atoms with Gasteiger partial charge >= 0.3 is 0 Å². The lowest BCUT2D eigenvalue weighted by atomic mass is 10.2. The van der Waals surface area contributed by atoms with Crippen molar-refractivity contribution < 1.29 is 4.79 Å². The molecule has 1 aliphatic heterocycles. The van der Waals surface area contributed by atoms with Crippen LogP contribution >= 0.6 is 0 Å². The van der Waals surface area contributed by atoms with E-state index in [1.54, 1.807) is 6.20 Å². The summed E-state index contributed by atoms with van der Waals surface area (Å²) < 4.78 is 0. The number of pyridine rings is 1. The van der Waals surface area contributed by atoms with Gasteiger partial charge in [-0.15, -0.1) is 0 Å². The van der Waals surface area contributed by atoms with Crippen molar-refractivity contribution in [3.8, 4) is 0 Å². The summed E-state index contributed by atoms with van der Waals surface area (Å²) in [5.41, 5.74) is 2.92. The van der Waals surface area contributed by atoms with Crippen molar-refractivity contribution in [3.05, 3.63) is 54.4 Å². The first kappa shape index (κ1) is 19.2. The Bertz CT molecular complexity index is 720. The molecule has 1 fully saturated rings. The summed E-state index contributed by atoms with van der Waals surface area (Å²) in [6.07, 6.45) is 3.70. The van der Waals surface area contributed by atoms with Crippen molar-refractivity contribution >= 4 is 17.3 Å². The summed E-state index contributed by atoms with van der Waals surface area (Å²) in [5, 5.41) is 0. The molecule has 0 unspecified atom stereocenters. The number of benzene rings is 1. The van der Waals surface area contributed by atoms with Crippen LogP contribution < -0.4 is 9.80 Å². The Morgan fingerprint density at radius 3 is 2.11 bits per heavy atom. The van der Waals surface area contributed by atoms with E-state index in [0.717, 1.165) is 57.8 Å². The van der Waals surface area contributed by atoms with Crippen molar-refractivity contribution in [2.75, 3.05) is 49.1 Å². The number of hydrogen-bond donors (Lipinski definition) is 0. The first-order chi connectivity index (χ1) is 13.2. The lowest BCUT2D eigenvalue weighted by Gasteiger charge is -2.37. The summed E-state index contributed by atoms with van der Waals surface area (Å²) in [6.45, 7) is 9.63. The fourth-order valence-corrected chi connectivity index (χ4v) is 3.61. The molecule has 1 aromatic carbocycles. The van der Waals surface area contributed by atoms with Gasteiger partial charge in [-0.05, 0) is 37.1 Å². The van der Waals surface area contributed by atoms with Crippen LogP contribution in [0.15, 0.2) is 48.7 Å². The van der Waals surface area contributed by atoms with Gasteiger partial charge in [0.1, 0.15) is 5.69 Å². The minimum absolute atomic E-state index is 0.0449. The van der Waals surface area contributed by atoms with E-state index in [-0.39, 0.29) is 5.91 Å². The molecule has 5 heteroatoms. The van der Waals surface area contributed by atoms with Crippen LogP contribution in [0.25, 0.3) is 0 Å². The molecule has 0 spiro atoms. The van der Waals surface area contributed by atoms with E-state index >= 15 is 0 Å². The van der Waals surface area contributed by atoms with Gasteiger partial charge in [0.05, 0.1) is 0 Å². The van der Waals surface area contributed by atoms with E-state index in [0.29, 0.717) is 5.69 Å². The van der Waals surface area contributed by atoms with Crippen LogP contribution in [0.5, 0.6) is 0 Å². The number of piperazine rings is 1. The van der Waals surface area contributed by atoms with Crippen molar-refractivity contribution in [2.45, 2.75) is 26.7 Å². The maximum absolute atomic E-state index is 12.8. The van der Waals surface area contributed by atoms with Crippen LogP contribution in [0.3, 0.4) is 0 Å². The Hall–Kier alpha value is -2.56. The molecular weight excluding hydrogens is 336 g/mol. The highest BCUT2D eigenvalue weighted by molar-refractivity contribution is 5.93. The van der Waals surface area contributed by atoms with Crippen LogP contribution in [0.2, 0.25) is 0 Å². The zero-order chi connectivity index (χ0) is 19.1. The predicted octanol–water partition coefficient (Wildman–Crippen LogP) is 3.67. The normalized spacial score (nSPS) is 14.3. The molecule has 0 atom stereocenters. The molecule has 0 bridgehead atoms. The van der Waals surface area contributed by atoms with Crippen LogP contribution in [0.1, 0.15) is 37.2 Å². The number of nitrogens with zero attached hydrogens (tertiary/aromatic N) is 4. The van der Waals surface area contributed by atoms with Crippen molar-refractivity contribution in [2.24, 2.45) is 0 Å². The Labute approximate surface area is 162 Å². The third-order valence-corrected chi connectivity index (χ3v) is 5.00. The van der Waals surface area contributed by atoms with Gasteiger partial charge in [-0.1, -0.05) is 32.0 Å². The molecule has 3 rings (SSSR count). The molecule has 27 heavy (non-hydrogen) atoms. The predicted molar refractivity (Wildman–Crippen MR) is 112 cm³/mol. The van der Waals surface area contributed by atoms with Gasteiger partial charge in [0.15, 0.2) is 0 Å². The fraction of sp³-hybridized carbons (Fsp3) is 0.455. The number of hydrogen-bond acceptors (Lipinski definition) is 4. The van der Waals surface area contributed by atoms with Crippen LogP contribution in [-0.2, 0) is 0 Å². The first-order valence-corrected chi connectivity index (χ1v) is 10.0. The third-order valence-electron chi connectivity index (χ3n) is 5.00. The maximum Gasteiger partial charge on any atom is 0.272 e. The second-order valence-electron chi connectivity index (χ2n) is 7.00. The second kappa shape index (κ2) is 9.40. The highest BCUT2D eigenvalue weighted by Crippen LogP contribution is 2.21. The van der Waals surface area contributed by atoms with E-state index in [9.17, 15) is 4.79 Å². The molecule has 1 amide bonds. The van der Waals surface area contributed by atoms with Gasteiger partial charge in [0.25, 0.3) is 5.91 Å². The summed E-state index contributed by atoms with van der Waals surface area (Å²) in [4.78, 5) is 23.9. The van der Waals surface area contributed by atoms with E-state index in [4.69, 9.17) is 0 Å². The monoisotopic (exact) mass is 366 g/mol. The summed E-state index contributed by atoms with van der Waals surface area (Å²) in [6, 6.07) is 14.5. The number of aromatic nitrogens is 1. The molecular formula is C22H30N4O. The lowest BCUT2D eigenvalue weighted by molar-refractivity contribution is 0.0749. The molecule has 144 valence electrons. The van der Waals surface area contributed by atoms with Crippen molar-refractivity contribution in [1.82, 2.24) is 9.88 Å². The number of carbonyl (C=O) groups excluding carboxylic acids is 1. The van der Waals surface area contributed by atoms with Crippen molar-refractivity contribution in [1.29, 1.82) is 0 Å². The van der Waals surface area contributed by atoms with Gasteiger partial charge in [-0.2, -0.15) is 0 Å². The van der Waals surface area contributed by atoms with Crippen LogP contribution in [0.4, 0.5) is 11.4 Å². The van der Waals surface area contributed by atoms with Gasteiger partial charge in [0.2, 0.25) is 0 Å². The highest BCUT2D eigenvalue weighted by Gasteiger charge is 2.20. The Kier molecular flexibility index (Phi) is 6.69. The molecule has 1 aliphatic rings. The SMILES string of the molecule is CCCN(CCC)C(=O)c1cc(N2CCN(c3ccccc3)CC2)ccn1. The second-order valence-corrected chi connectivity index (χ2v) is 7.00. The lowest BCUT2D eigenvalue weighted by Crippen LogP contribution is -2.46. The largest absolute Gasteiger partial charge is 0.368 e. The molecule has 0 saturated carbocycles. The van der Waals surface area contributed by atoms with Crippen LogP contribution in [-0.4, -0.2) is 55.1 Å². The van der Waals surface area contributed by atoms with E-state index in [1.807, 2.05) is 17.0 Å². The average molecular weight is 367 g/mol. The van der Waals surface area contributed by atoms with Crippen LogP contribution in [0, 0.1) is 0 Å². The van der Waals surface area contributed by atoms with E-state index in [2.05, 4.69) is 59.0 Å². The molecule has 1 saturated heterocycles. The molecule has 0 radical (unpaired) electrons. The van der Waals surface area contributed by atoms with Gasteiger partial charge in [0, 0.05) is 56.8 Å². The minimum atomic E-state index is 0.0449. The number of carbonyl (C=O) groups is 1. The van der Waals surface area contributed by atoms with E-state index in [1.165, 1.54) is 5.69 Å². The molecule has 5 nitrogen and oxygen atoms in total. The maximum atomic E-state index is 12.8. The third kappa shape index (κ3) is 4.79. The molecule has 2 aromatic rings. The first-order valence-electron chi connectivity index (χ1n) is 10.0. The number of anilines is 2. The number of para-hydroxylation sites is 1. The quantitative estimate of drug-likeness (QED) is 0.750. The van der Waals surface area contributed by atoms with Gasteiger partial charge < -0.3 is 14.7 Å². The highest BCUT2D eigenvalue weighted by atomic mass is 16.2. The summed E-state index contributed by atoms with van der Waals surface area (Å²) >= 11 is 0. The number of amides is 1. The Morgan fingerprint density at radius 1 is 0.926 bits per heavy atom. The van der Waals surface area contributed by atoms with E-state index < -0.39 is 0 Å². The zero-order valence-corrected chi connectivity index (χ0v) is 16.5. The Morgan fingerprint density at radius 2 is 1.52 bits per heavy atom. The zero-order valence-electron chi connectivity index (χ0n) is 16.5. The molecule has 2 heterocycles. The molecule has 0 aliphatic carbocycles. The smallest absolute Gasteiger partial charge is 0.272 e. The summed E-state index contributed by atoms with van der Waals surface area (Å²) in [5.74, 6) is 0.0449. The molecule has 1 aromatic heterocycles. The molecule has 0 N–H and O–H groups in total. The topological polar surface area (TPSA) is 39.7 Å². The Balaban J connectivity index is 1.66. The van der Waals surface area contributed by atoms with Crippen molar-refractivity contribution in [3.63, 3.8) is 0 Å². The average Bonchev–Trinajstić information content (AvgIpc) is 2.74. The standard InChI is InChI=1S/C22H30N4O/c1-3-12-26(13-4-2)22(27)21-18-20(10-11-23-21)25-16-14-24(15-17-25)19-8-6-5-7-9-19/h5-11,18H,3-4,12-17H2,1-2H3. The summed E-state index contributed by atoms with van der Waals surface area (Å²) in [7, 11) is 0. The fourth-order valence-electron chi connectivity index (χ4n) is 3.61. The van der Waals surface area contributed by atoms with Gasteiger partial charge in [-0.3, -0.25) is 9.78 Å². The number of rotatable bonds is 7. The minimum Gasteiger partial charge on any atom is -0.368 e. The van der Waals surface area contributed by atoms with Gasteiger partial charge in [-0.25, -0.2) is 0 Å².